The van der Waals surface area contributed by atoms with Crippen molar-refractivity contribution < 1.29 is 9.53 Å². The Morgan fingerprint density at radius 1 is 0.949 bits per heavy atom. The van der Waals surface area contributed by atoms with E-state index in [4.69, 9.17) is 9.73 Å². The lowest BCUT2D eigenvalue weighted by atomic mass is 9.97. The number of carbonyl (C=O) groups is 1. The summed E-state index contributed by atoms with van der Waals surface area (Å²) >= 11 is 0. The van der Waals surface area contributed by atoms with Gasteiger partial charge in [-0.25, -0.2) is 0 Å². The van der Waals surface area contributed by atoms with Crippen molar-refractivity contribution in [2.24, 2.45) is 4.99 Å². The SMILES string of the molecule is COc1cccc(-c2ccc3c(c2)C(=NCCCCC(=O)Nc2ccccc2)NC(c2cccnc2)=CC3)c1. The molecule has 0 aliphatic carbocycles. The first-order valence-corrected chi connectivity index (χ1v) is 13.2. The van der Waals surface area contributed by atoms with Crippen LogP contribution in [-0.2, 0) is 11.2 Å². The monoisotopic (exact) mass is 516 g/mol. The van der Waals surface area contributed by atoms with Crippen LogP contribution in [0.3, 0.4) is 0 Å². The van der Waals surface area contributed by atoms with Crippen LogP contribution in [-0.4, -0.2) is 30.4 Å². The molecule has 3 aromatic carbocycles. The molecule has 2 heterocycles. The van der Waals surface area contributed by atoms with Crippen LogP contribution in [0.5, 0.6) is 5.75 Å². The topological polar surface area (TPSA) is 75.6 Å². The van der Waals surface area contributed by atoms with E-state index in [0.29, 0.717) is 13.0 Å². The third kappa shape index (κ3) is 6.79. The molecule has 1 aliphatic heterocycles. The Morgan fingerprint density at radius 2 is 1.79 bits per heavy atom. The van der Waals surface area contributed by atoms with Gasteiger partial charge in [0.1, 0.15) is 11.6 Å². The average molecular weight is 517 g/mol. The highest BCUT2D eigenvalue weighted by Gasteiger charge is 2.17. The number of amidine groups is 1. The number of hydrogen-bond donors (Lipinski definition) is 2. The first-order valence-electron chi connectivity index (χ1n) is 13.2. The molecule has 1 aliphatic rings. The number of fused-ring (bicyclic) bond motifs is 1. The van der Waals surface area contributed by atoms with Crippen LogP contribution in [0.25, 0.3) is 16.8 Å². The van der Waals surface area contributed by atoms with Gasteiger partial charge in [0.05, 0.1) is 7.11 Å². The molecule has 0 saturated heterocycles. The first-order chi connectivity index (χ1) is 19.2. The zero-order valence-electron chi connectivity index (χ0n) is 22.1. The standard InChI is InChI=1S/C33H32N4O2/c1-39-29-13-7-9-25(21-29)26-16-15-24-17-18-31(27-10-8-19-34-23-27)37-33(30(24)22-26)35-20-6-5-14-32(38)36-28-11-3-2-4-12-28/h2-4,7-13,15-16,18-19,21-23H,5-6,14,17,20H2,1H3,(H,35,37)(H,36,38). The van der Waals surface area contributed by atoms with Crippen LogP contribution in [0.1, 0.15) is 36.0 Å². The Hall–Kier alpha value is -4.71. The van der Waals surface area contributed by atoms with E-state index in [0.717, 1.165) is 64.5 Å². The number of hydrogen-bond acceptors (Lipinski definition) is 4. The van der Waals surface area contributed by atoms with E-state index in [1.165, 1.54) is 5.56 Å². The summed E-state index contributed by atoms with van der Waals surface area (Å²) in [7, 11) is 1.68. The minimum Gasteiger partial charge on any atom is -0.497 e. The number of para-hydroxylation sites is 1. The molecule has 6 heteroatoms. The molecule has 5 rings (SSSR count). The van der Waals surface area contributed by atoms with E-state index in [2.05, 4.69) is 46.0 Å². The molecule has 2 N–H and O–H groups in total. The number of nitrogens with zero attached hydrogens (tertiary/aromatic N) is 2. The fourth-order valence-corrected chi connectivity index (χ4v) is 4.59. The smallest absolute Gasteiger partial charge is 0.224 e. The number of carbonyl (C=O) groups excluding carboxylic acids is 1. The lowest BCUT2D eigenvalue weighted by molar-refractivity contribution is -0.116. The predicted octanol–water partition coefficient (Wildman–Crippen LogP) is 6.50. The summed E-state index contributed by atoms with van der Waals surface area (Å²) in [5.41, 5.74) is 7.30. The fourth-order valence-electron chi connectivity index (χ4n) is 4.59. The molecule has 0 radical (unpaired) electrons. The van der Waals surface area contributed by atoms with E-state index in [-0.39, 0.29) is 5.91 Å². The number of aromatic nitrogens is 1. The number of benzene rings is 3. The van der Waals surface area contributed by atoms with Crippen molar-refractivity contribution in [1.29, 1.82) is 0 Å². The Labute approximate surface area is 229 Å². The summed E-state index contributed by atoms with van der Waals surface area (Å²) in [6.07, 6.45) is 8.64. The van der Waals surface area contributed by atoms with Crippen molar-refractivity contribution >= 4 is 23.1 Å². The van der Waals surface area contributed by atoms with Gasteiger partial charge in [0.2, 0.25) is 5.91 Å². The van der Waals surface area contributed by atoms with Gasteiger partial charge < -0.3 is 15.4 Å². The number of aliphatic imine (C=N–C) groups is 1. The highest BCUT2D eigenvalue weighted by molar-refractivity contribution is 6.06. The molecule has 0 saturated carbocycles. The summed E-state index contributed by atoms with van der Waals surface area (Å²) in [5.74, 6) is 1.68. The summed E-state index contributed by atoms with van der Waals surface area (Å²) < 4.78 is 5.44. The summed E-state index contributed by atoms with van der Waals surface area (Å²) in [4.78, 5) is 21.6. The quantitative estimate of drug-likeness (QED) is 0.249. The maximum atomic E-state index is 12.3. The number of amides is 1. The van der Waals surface area contributed by atoms with E-state index in [9.17, 15) is 4.79 Å². The number of rotatable bonds is 9. The molecule has 0 fully saturated rings. The summed E-state index contributed by atoms with van der Waals surface area (Å²) in [6, 6.07) is 28.2. The third-order valence-corrected chi connectivity index (χ3v) is 6.66. The predicted molar refractivity (Wildman–Crippen MR) is 158 cm³/mol. The van der Waals surface area contributed by atoms with Gasteiger partial charge in [-0.1, -0.05) is 48.5 Å². The van der Waals surface area contributed by atoms with Crippen LogP contribution >= 0.6 is 0 Å². The molecule has 0 unspecified atom stereocenters. The maximum absolute atomic E-state index is 12.3. The molecule has 1 aromatic heterocycles. The molecule has 6 nitrogen and oxygen atoms in total. The molecule has 1 amide bonds. The van der Waals surface area contributed by atoms with Crippen molar-refractivity contribution in [2.75, 3.05) is 19.0 Å². The Morgan fingerprint density at radius 3 is 2.62 bits per heavy atom. The minimum absolute atomic E-state index is 0.0246. The second-order valence-electron chi connectivity index (χ2n) is 9.39. The van der Waals surface area contributed by atoms with E-state index in [1.54, 1.807) is 13.3 Å². The Balaban J connectivity index is 1.34. The van der Waals surface area contributed by atoms with Crippen LogP contribution in [0, 0.1) is 0 Å². The van der Waals surface area contributed by atoms with Gasteiger partial charge in [-0.2, -0.15) is 0 Å². The molecule has 0 bridgehead atoms. The lowest BCUT2D eigenvalue weighted by Crippen LogP contribution is -2.23. The lowest BCUT2D eigenvalue weighted by Gasteiger charge is -2.15. The van der Waals surface area contributed by atoms with Crippen LogP contribution < -0.4 is 15.4 Å². The zero-order chi connectivity index (χ0) is 26.9. The molecule has 4 aromatic rings. The average Bonchev–Trinajstić information content (AvgIpc) is 3.17. The maximum Gasteiger partial charge on any atom is 0.224 e. The van der Waals surface area contributed by atoms with Crippen LogP contribution in [0.15, 0.2) is 108 Å². The van der Waals surface area contributed by atoms with Crippen LogP contribution in [0.2, 0.25) is 0 Å². The third-order valence-electron chi connectivity index (χ3n) is 6.66. The number of nitrogens with one attached hydrogen (secondary N) is 2. The van der Waals surface area contributed by atoms with Crippen molar-refractivity contribution in [2.45, 2.75) is 25.7 Å². The number of methoxy groups -OCH3 is 1. The first kappa shape index (κ1) is 25.9. The van der Waals surface area contributed by atoms with Crippen molar-refractivity contribution in [3.05, 3.63) is 120 Å². The fraction of sp³-hybridized carbons (Fsp3) is 0.182. The zero-order valence-corrected chi connectivity index (χ0v) is 22.1. The molecular formula is C33H32N4O2. The van der Waals surface area contributed by atoms with E-state index >= 15 is 0 Å². The summed E-state index contributed by atoms with van der Waals surface area (Å²) in [5, 5.41) is 6.54. The van der Waals surface area contributed by atoms with Gasteiger partial charge in [-0.3, -0.25) is 14.8 Å². The van der Waals surface area contributed by atoms with Gasteiger partial charge >= 0.3 is 0 Å². The van der Waals surface area contributed by atoms with Crippen LogP contribution in [0.4, 0.5) is 5.69 Å². The number of pyridine rings is 1. The Bertz CT molecular complexity index is 1480. The second kappa shape index (κ2) is 12.7. The van der Waals surface area contributed by atoms with Gasteiger partial charge in [0, 0.05) is 47.9 Å². The molecule has 0 atom stereocenters. The highest BCUT2D eigenvalue weighted by atomic mass is 16.5. The molecule has 39 heavy (non-hydrogen) atoms. The number of anilines is 1. The Kier molecular flexibility index (Phi) is 8.44. The van der Waals surface area contributed by atoms with E-state index < -0.39 is 0 Å². The highest BCUT2D eigenvalue weighted by Crippen LogP contribution is 2.28. The van der Waals surface area contributed by atoms with Gasteiger partial charge in [0.15, 0.2) is 0 Å². The van der Waals surface area contributed by atoms with Gasteiger partial charge in [0.25, 0.3) is 0 Å². The summed E-state index contributed by atoms with van der Waals surface area (Å²) in [6.45, 7) is 0.615. The van der Waals surface area contributed by atoms with Crippen molar-refractivity contribution in [1.82, 2.24) is 10.3 Å². The normalized spacial score (nSPS) is 13.6. The van der Waals surface area contributed by atoms with Gasteiger partial charge in [-0.05, 0) is 78.4 Å². The number of unbranched alkanes of at least 4 members (excludes halogenated alkanes) is 1. The largest absolute Gasteiger partial charge is 0.497 e. The molecule has 0 spiro atoms. The van der Waals surface area contributed by atoms with E-state index in [1.807, 2.05) is 66.9 Å². The van der Waals surface area contributed by atoms with Gasteiger partial charge in [-0.15, -0.1) is 0 Å². The van der Waals surface area contributed by atoms with Crippen molar-refractivity contribution in [3.8, 4) is 16.9 Å². The second-order valence-corrected chi connectivity index (χ2v) is 9.39. The number of allylic oxidation sites excluding steroid dienone is 1. The number of ether oxygens (including phenoxy) is 1. The molecule has 196 valence electrons. The van der Waals surface area contributed by atoms with Crippen molar-refractivity contribution in [3.63, 3.8) is 0 Å². The minimum atomic E-state index is 0.0246. The molecular weight excluding hydrogens is 484 g/mol.